The van der Waals surface area contributed by atoms with E-state index in [9.17, 15) is 18.0 Å². The number of nitrogens with one attached hydrogen (secondary N) is 1. The molecule has 35 heavy (non-hydrogen) atoms. The number of hydrogen-bond donors (Lipinski definition) is 1. The standard InChI is InChI=1S/C23H27Cl2N3O6S/c1-15(23(30)26-2)27(13-17-18(24)6-4-7-19(17)25)22(29)8-5-11-28(35(3,31)32)16-9-10-20-21(12-16)34-14-33-20/h4,6-7,9-10,12,15H,5,8,11,13-14H2,1-3H3,(H,26,30). The van der Waals surface area contributed by atoms with Gasteiger partial charge in [-0.1, -0.05) is 29.3 Å². The molecule has 2 amide bonds. The van der Waals surface area contributed by atoms with Crippen LogP contribution in [0.4, 0.5) is 5.69 Å². The highest BCUT2D eigenvalue weighted by molar-refractivity contribution is 7.92. The van der Waals surface area contributed by atoms with Crippen LogP contribution in [0.15, 0.2) is 36.4 Å². The van der Waals surface area contributed by atoms with Crippen molar-refractivity contribution in [2.75, 3.05) is 30.9 Å². The number of halogens is 2. The van der Waals surface area contributed by atoms with Crippen LogP contribution in [0.25, 0.3) is 0 Å². The van der Waals surface area contributed by atoms with Crippen LogP contribution in [0.2, 0.25) is 10.0 Å². The lowest BCUT2D eigenvalue weighted by Gasteiger charge is -2.29. The van der Waals surface area contributed by atoms with Crippen molar-refractivity contribution in [2.24, 2.45) is 0 Å². The van der Waals surface area contributed by atoms with Gasteiger partial charge in [-0.2, -0.15) is 0 Å². The van der Waals surface area contributed by atoms with E-state index in [0.29, 0.717) is 32.8 Å². The lowest BCUT2D eigenvalue weighted by atomic mass is 10.1. The number of ether oxygens (including phenoxy) is 2. The zero-order valence-corrected chi connectivity index (χ0v) is 21.9. The van der Waals surface area contributed by atoms with E-state index in [2.05, 4.69) is 5.32 Å². The van der Waals surface area contributed by atoms with Crippen molar-refractivity contribution in [3.63, 3.8) is 0 Å². The first kappa shape index (κ1) is 26.9. The molecular formula is C23H27Cl2N3O6S. The molecule has 0 radical (unpaired) electrons. The molecule has 0 aromatic heterocycles. The first-order valence-corrected chi connectivity index (χ1v) is 13.4. The Labute approximate surface area is 214 Å². The first-order chi connectivity index (χ1) is 16.5. The highest BCUT2D eigenvalue weighted by atomic mass is 35.5. The number of benzene rings is 2. The predicted molar refractivity (Wildman–Crippen MR) is 135 cm³/mol. The molecule has 1 aliphatic heterocycles. The van der Waals surface area contributed by atoms with Crippen LogP contribution in [-0.2, 0) is 26.2 Å². The Balaban J connectivity index is 1.75. The van der Waals surface area contributed by atoms with Crippen molar-refractivity contribution in [3.05, 3.63) is 52.0 Å². The molecule has 0 saturated carbocycles. The maximum Gasteiger partial charge on any atom is 0.242 e. The van der Waals surface area contributed by atoms with Crippen molar-refractivity contribution >= 4 is 50.7 Å². The second-order valence-corrected chi connectivity index (χ2v) is 10.7. The van der Waals surface area contributed by atoms with Crippen LogP contribution in [0, 0.1) is 0 Å². The highest BCUT2D eigenvalue weighted by Crippen LogP contribution is 2.36. The number of sulfonamides is 1. The topological polar surface area (TPSA) is 105 Å². The third-order valence-corrected chi connectivity index (χ3v) is 7.50. The summed E-state index contributed by atoms with van der Waals surface area (Å²) in [5, 5.41) is 3.30. The fourth-order valence-electron chi connectivity index (χ4n) is 3.69. The van der Waals surface area contributed by atoms with Gasteiger partial charge in [0, 0.05) is 48.2 Å². The molecule has 2 aromatic carbocycles. The Morgan fingerprint density at radius 2 is 1.77 bits per heavy atom. The van der Waals surface area contributed by atoms with Crippen molar-refractivity contribution in [1.82, 2.24) is 10.2 Å². The molecule has 190 valence electrons. The second kappa shape index (κ2) is 11.4. The third kappa shape index (κ3) is 6.50. The Hall–Kier alpha value is -2.69. The van der Waals surface area contributed by atoms with Crippen LogP contribution >= 0.6 is 23.2 Å². The zero-order chi connectivity index (χ0) is 25.8. The number of rotatable bonds is 10. The van der Waals surface area contributed by atoms with E-state index >= 15 is 0 Å². The van der Waals surface area contributed by atoms with Crippen molar-refractivity contribution < 1.29 is 27.5 Å². The lowest BCUT2D eigenvalue weighted by molar-refractivity contribution is -0.140. The molecule has 0 bridgehead atoms. The molecule has 1 aliphatic rings. The Bertz CT molecular complexity index is 1190. The predicted octanol–water partition coefficient (Wildman–Crippen LogP) is 3.43. The molecule has 1 atom stereocenters. The van der Waals surface area contributed by atoms with Gasteiger partial charge in [-0.15, -0.1) is 0 Å². The molecule has 0 aliphatic carbocycles. The minimum absolute atomic E-state index is 0.0000220. The Kier molecular flexibility index (Phi) is 8.74. The molecule has 2 aromatic rings. The minimum Gasteiger partial charge on any atom is -0.454 e. The summed E-state index contributed by atoms with van der Waals surface area (Å²) in [6, 6.07) is 9.07. The fourth-order valence-corrected chi connectivity index (χ4v) is 5.16. The van der Waals surface area contributed by atoms with Crippen molar-refractivity contribution in [2.45, 2.75) is 32.4 Å². The molecule has 9 nitrogen and oxygen atoms in total. The van der Waals surface area contributed by atoms with Gasteiger partial charge in [0.2, 0.25) is 28.6 Å². The molecule has 0 saturated heterocycles. The van der Waals surface area contributed by atoms with Crippen LogP contribution in [0.1, 0.15) is 25.3 Å². The van der Waals surface area contributed by atoms with E-state index in [-0.39, 0.29) is 44.5 Å². The number of carbonyl (C=O) groups excluding carboxylic acids is 2. The largest absolute Gasteiger partial charge is 0.454 e. The summed E-state index contributed by atoms with van der Waals surface area (Å²) >= 11 is 12.6. The van der Waals surface area contributed by atoms with Gasteiger partial charge in [-0.05, 0) is 37.6 Å². The van der Waals surface area contributed by atoms with E-state index in [4.69, 9.17) is 32.7 Å². The van der Waals surface area contributed by atoms with Gasteiger partial charge in [0.1, 0.15) is 6.04 Å². The first-order valence-electron chi connectivity index (χ1n) is 10.8. The van der Waals surface area contributed by atoms with Gasteiger partial charge in [-0.25, -0.2) is 8.42 Å². The second-order valence-electron chi connectivity index (χ2n) is 7.99. The summed E-state index contributed by atoms with van der Waals surface area (Å²) in [5.74, 6) is 0.305. The number of carbonyl (C=O) groups is 2. The van der Waals surface area contributed by atoms with Gasteiger partial charge in [0.15, 0.2) is 11.5 Å². The van der Waals surface area contributed by atoms with E-state index < -0.39 is 16.1 Å². The fraction of sp³-hybridized carbons (Fsp3) is 0.391. The molecule has 1 unspecified atom stereocenters. The van der Waals surface area contributed by atoms with Gasteiger partial charge in [0.05, 0.1) is 11.9 Å². The molecule has 1 N–H and O–H groups in total. The van der Waals surface area contributed by atoms with Gasteiger partial charge in [-0.3, -0.25) is 13.9 Å². The number of nitrogens with zero attached hydrogens (tertiary/aromatic N) is 2. The number of likely N-dealkylation sites (N-methyl/N-ethyl adjacent to an activating group) is 1. The molecule has 0 spiro atoms. The van der Waals surface area contributed by atoms with E-state index in [1.54, 1.807) is 43.3 Å². The number of amides is 2. The summed E-state index contributed by atoms with van der Waals surface area (Å²) < 4.78 is 36.8. The van der Waals surface area contributed by atoms with Crippen molar-refractivity contribution in [1.29, 1.82) is 0 Å². The average molecular weight is 544 g/mol. The maximum atomic E-state index is 13.2. The van der Waals surface area contributed by atoms with Crippen LogP contribution < -0.4 is 19.1 Å². The lowest BCUT2D eigenvalue weighted by Crippen LogP contribution is -2.47. The van der Waals surface area contributed by atoms with Gasteiger partial charge >= 0.3 is 0 Å². The summed E-state index contributed by atoms with van der Waals surface area (Å²) in [7, 11) is -2.15. The average Bonchev–Trinajstić information content (AvgIpc) is 3.27. The Morgan fingerprint density at radius 3 is 2.40 bits per heavy atom. The number of anilines is 1. The smallest absolute Gasteiger partial charge is 0.242 e. The van der Waals surface area contributed by atoms with Crippen LogP contribution in [0.5, 0.6) is 11.5 Å². The molecule has 3 rings (SSSR count). The Morgan fingerprint density at radius 1 is 1.11 bits per heavy atom. The normalized spacial score (nSPS) is 13.3. The molecule has 0 fully saturated rings. The SMILES string of the molecule is CNC(=O)C(C)N(Cc1c(Cl)cccc1Cl)C(=O)CCCN(c1ccc2c(c1)OCO2)S(C)(=O)=O. The maximum absolute atomic E-state index is 13.2. The molecular weight excluding hydrogens is 517 g/mol. The van der Waals surface area contributed by atoms with E-state index in [1.807, 2.05) is 0 Å². The number of fused-ring (bicyclic) bond motifs is 1. The van der Waals surface area contributed by atoms with Crippen LogP contribution in [-0.4, -0.2) is 57.8 Å². The highest BCUT2D eigenvalue weighted by Gasteiger charge is 2.27. The van der Waals surface area contributed by atoms with E-state index in [0.717, 1.165) is 6.26 Å². The third-order valence-electron chi connectivity index (χ3n) is 5.60. The summed E-state index contributed by atoms with van der Waals surface area (Å²) in [4.78, 5) is 26.9. The minimum atomic E-state index is -3.63. The monoisotopic (exact) mass is 543 g/mol. The van der Waals surface area contributed by atoms with Crippen LogP contribution in [0.3, 0.4) is 0 Å². The summed E-state index contributed by atoms with van der Waals surface area (Å²) in [6.07, 6.45) is 1.31. The molecule has 12 heteroatoms. The zero-order valence-electron chi connectivity index (χ0n) is 19.6. The summed E-state index contributed by atoms with van der Waals surface area (Å²) in [6.45, 7) is 1.76. The number of hydrogen-bond acceptors (Lipinski definition) is 6. The van der Waals surface area contributed by atoms with E-state index in [1.165, 1.54) is 16.3 Å². The summed E-state index contributed by atoms with van der Waals surface area (Å²) in [5.41, 5.74) is 0.931. The van der Waals surface area contributed by atoms with Gasteiger partial charge < -0.3 is 19.7 Å². The van der Waals surface area contributed by atoms with Gasteiger partial charge in [0.25, 0.3) is 0 Å². The molecule has 1 heterocycles. The quantitative estimate of drug-likeness (QED) is 0.492. The van der Waals surface area contributed by atoms with Crippen molar-refractivity contribution in [3.8, 4) is 11.5 Å².